The molecule has 0 spiro atoms. The first-order chi connectivity index (χ1) is 8.93. The van der Waals surface area contributed by atoms with E-state index in [1.807, 2.05) is 0 Å². The number of carboxylic acid groups (broad SMARTS) is 1. The van der Waals surface area contributed by atoms with Crippen molar-refractivity contribution >= 4 is 30.4 Å². The third-order valence-corrected chi connectivity index (χ3v) is 2.99. The lowest BCUT2D eigenvalue weighted by molar-refractivity contribution is -0.875. The normalized spacial score (nSPS) is 16.1. The van der Waals surface area contributed by atoms with E-state index in [-0.39, 0.29) is 16.8 Å². The molecule has 0 aromatic rings. The highest BCUT2D eigenvalue weighted by molar-refractivity contribution is 7.80. The lowest BCUT2D eigenvalue weighted by atomic mass is 9.93. The summed E-state index contributed by atoms with van der Waals surface area (Å²) in [7, 11) is 5.25. The fraction of sp³-hybridized carbons (Fsp3) is 0.750. The highest BCUT2D eigenvalue weighted by Gasteiger charge is 2.45. The predicted molar refractivity (Wildman–Crippen MR) is 73.9 cm³/mol. The quantitative estimate of drug-likeness (QED) is 0.304. The first-order valence-corrected chi connectivity index (χ1v) is 6.67. The van der Waals surface area contributed by atoms with Gasteiger partial charge in [0.05, 0.1) is 21.1 Å². The molecular formula is C12H22N2O5S. The van der Waals surface area contributed by atoms with Crippen LogP contribution in [0.3, 0.4) is 0 Å². The molecular weight excluding hydrogens is 284 g/mol. The van der Waals surface area contributed by atoms with E-state index in [2.05, 4.69) is 12.6 Å². The Labute approximate surface area is 124 Å². The second-order valence-corrected chi connectivity index (χ2v) is 6.12. The molecule has 0 bridgehead atoms. The van der Waals surface area contributed by atoms with Crippen LogP contribution < -0.4 is 10.8 Å². The number of nitrogens with two attached hydrogens (primary N) is 1. The van der Waals surface area contributed by atoms with Crippen LogP contribution in [0, 0.1) is 0 Å². The summed E-state index contributed by atoms with van der Waals surface area (Å²) >= 11 is 3.87. The zero-order chi connectivity index (χ0) is 16.1. The minimum atomic E-state index is -1.78. The van der Waals surface area contributed by atoms with Crippen molar-refractivity contribution in [2.45, 2.75) is 25.0 Å². The summed E-state index contributed by atoms with van der Waals surface area (Å²) < 4.78 is 5.37. The SMILES string of the molecule is CC(=O)[C@@](CC(=O)[O-])(C[N+](C)(C)C)OC(=O)[C@@H](N)CS. The fourth-order valence-corrected chi connectivity index (χ4v) is 1.92. The molecule has 0 rings (SSSR count). The number of ether oxygens (including phenoxy) is 1. The van der Waals surface area contributed by atoms with Gasteiger partial charge >= 0.3 is 5.97 Å². The molecule has 0 fully saturated rings. The Balaban J connectivity index is 5.45. The summed E-state index contributed by atoms with van der Waals surface area (Å²) in [5.41, 5.74) is 3.70. The van der Waals surface area contributed by atoms with E-state index in [9.17, 15) is 19.5 Å². The number of thiol groups is 1. The van der Waals surface area contributed by atoms with Crippen molar-refractivity contribution in [3.63, 3.8) is 0 Å². The van der Waals surface area contributed by atoms with E-state index in [1.165, 1.54) is 6.92 Å². The molecule has 0 aromatic heterocycles. The highest BCUT2D eigenvalue weighted by atomic mass is 32.1. The van der Waals surface area contributed by atoms with Crippen LogP contribution in [0.25, 0.3) is 0 Å². The maximum atomic E-state index is 11.9. The van der Waals surface area contributed by atoms with Crippen LogP contribution in [0.4, 0.5) is 0 Å². The van der Waals surface area contributed by atoms with Crippen molar-refractivity contribution < 1.29 is 28.7 Å². The highest BCUT2D eigenvalue weighted by Crippen LogP contribution is 2.22. The van der Waals surface area contributed by atoms with Gasteiger partial charge in [-0.15, -0.1) is 0 Å². The number of carboxylic acids is 1. The molecule has 0 aliphatic rings. The minimum absolute atomic E-state index is 0.00133. The van der Waals surface area contributed by atoms with E-state index >= 15 is 0 Å². The number of quaternary nitrogens is 1. The molecule has 2 atom stereocenters. The number of ketones is 1. The second-order valence-electron chi connectivity index (χ2n) is 5.76. The number of esters is 1. The van der Waals surface area contributed by atoms with Crippen LogP contribution in [0.15, 0.2) is 0 Å². The van der Waals surface area contributed by atoms with Crippen molar-refractivity contribution in [3.8, 4) is 0 Å². The fourth-order valence-electron chi connectivity index (χ4n) is 1.77. The lowest BCUT2D eigenvalue weighted by Gasteiger charge is -2.37. The average Bonchev–Trinajstić information content (AvgIpc) is 2.23. The lowest BCUT2D eigenvalue weighted by Crippen LogP contribution is -2.59. The summed E-state index contributed by atoms with van der Waals surface area (Å²) in [6.07, 6.45) is -0.705. The van der Waals surface area contributed by atoms with Crippen LogP contribution in [0.1, 0.15) is 13.3 Å². The number of carbonyl (C=O) groups excluding carboxylic acids is 3. The molecule has 0 aliphatic heterocycles. The van der Waals surface area contributed by atoms with Gasteiger partial charge in [0, 0.05) is 18.1 Å². The molecule has 2 N–H and O–H groups in total. The van der Waals surface area contributed by atoms with E-state index in [1.54, 1.807) is 21.1 Å². The Bertz CT molecular complexity index is 394. The first kappa shape index (κ1) is 18.9. The summed E-state index contributed by atoms with van der Waals surface area (Å²) in [5, 5.41) is 10.9. The molecule has 0 aromatic carbocycles. The van der Waals surface area contributed by atoms with Crippen molar-refractivity contribution in [3.05, 3.63) is 0 Å². The Morgan fingerprint density at radius 3 is 2.15 bits per heavy atom. The van der Waals surface area contributed by atoms with Gasteiger partial charge in [-0.1, -0.05) is 0 Å². The number of carbonyl (C=O) groups is 3. The number of hydrogen-bond acceptors (Lipinski definition) is 7. The summed E-state index contributed by atoms with van der Waals surface area (Å²) in [4.78, 5) is 34.6. The van der Waals surface area contributed by atoms with Gasteiger partial charge in [-0.25, -0.2) is 0 Å². The van der Waals surface area contributed by atoms with Crippen molar-refractivity contribution in [1.29, 1.82) is 0 Å². The van der Waals surface area contributed by atoms with Crippen molar-refractivity contribution in [2.24, 2.45) is 5.73 Å². The zero-order valence-electron chi connectivity index (χ0n) is 12.2. The number of hydrogen-bond donors (Lipinski definition) is 2. The van der Waals surface area contributed by atoms with Gasteiger partial charge in [0.1, 0.15) is 12.6 Å². The zero-order valence-corrected chi connectivity index (χ0v) is 13.1. The Morgan fingerprint density at radius 2 is 1.85 bits per heavy atom. The standard InChI is InChI=1S/C12H22N2O5S/c1-8(15)12(5-10(16)17,7-14(2,3)4)19-11(18)9(13)6-20/h9H,5-7,13H2,1-4H3,(H-,16,17,20)/t9-,12+/m0/s1. The van der Waals surface area contributed by atoms with Gasteiger partial charge in [0.25, 0.3) is 0 Å². The van der Waals surface area contributed by atoms with Gasteiger partial charge in [0.2, 0.25) is 5.60 Å². The van der Waals surface area contributed by atoms with E-state index < -0.39 is 35.8 Å². The minimum Gasteiger partial charge on any atom is -0.550 e. The Morgan fingerprint density at radius 1 is 1.35 bits per heavy atom. The van der Waals surface area contributed by atoms with Crippen LogP contribution in [-0.2, 0) is 19.1 Å². The Kier molecular flexibility index (Phi) is 6.66. The molecule has 8 heteroatoms. The van der Waals surface area contributed by atoms with E-state index in [0.29, 0.717) is 0 Å². The molecule has 0 saturated heterocycles. The number of nitrogens with zero attached hydrogens (tertiary/aromatic N) is 1. The maximum absolute atomic E-state index is 11.9. The third-order valence-electron chi connectivity index (χ3n) is 2.60. The smallest absolute Gasteiger partial charge is 0.324 e. The molecule has 0 radical (unpaired) electrons. The number of aliphatic carboxylic acids is 1. The molecule has 116 valence electrons. The molecule has 0 saturated carbocycles. The van der Waals surface area contributed by atoms with Crippen molar-refractivity contribution in [2.75, 3.05) is 33.4 Å². The van der Waals surface area contributed by atoms with Gasteiger partial charge in [-0.05, 0) is 6.92 Å². The maximum Gasteiger partial charge on any atom is 0.324 e. The molecule has 7 nitrogen and oxygen atoms in total. The van der Waals surface area contributed by atoms with Gasteiger partial charge in [-0.3, -0.25) is 9.59 Å². The number of Topliss-reactive ketones (excluding diaryl/α,β-unsaturated/α-hetero) is 1. The average molecular weight is 306 g/mol. The van der Waals surface area contributed by atoms with Crippen LogP contribution in [-0.4, -0.2) is 67.3 Å². The van der Waals surface area contributed by atoms with E-state index in [0.717, 1.165) is 0 Å². The predicted octanol–water partition coefficient (Wildman–Crippen LogP) is -2.04. The monoisotopic (exact) mass is 306 g/mol. The van der Waals surface area contributed by atoms with Gasteiger partial charge in [-0.2, -0.15) is 12.6 Å². The first-order valence-electron chi connectivity index (χ1n) is 6.04. The van der Waals surface area contributed by atoms with E-state index in [4.69, 9.17) is 10.5 Å². The van der Waals surface area contributed by atoms with Crippen LogP contribution in [0.5, 0.6) is 0 Å². The summed E-state index contributed by atoms with van der Waals surface area (Å²) in [6.45, 7) is 1.18. The number of rotatable bonds is 8. The van der Waals surface area contributed by atoms with Gasteiger partial charge in [0.15, 0.2) is 5.78 Å². The second kappa shape index (κ2) is 7.05. The van der Waals surface area contributed by atoms with Gasteiger partial charge < -0.3 is 24.9 Å². The molecule has 20 heavy (non-hydrogen) atoms. The summed E-state index contributed by atoms with van der Waals surface area (Å²) in [5.74, 6) is -2.86. The molecule has 0 amide bonds. The Hall–Kier alpha value is -1.12. The largest absolute Gasteiger partial charge is 0.550 e. The molecule has 0 unspecified atom stereocenters. The topological polar surface area (TPSA) is 110 Å². The third kappa shape index (κ3) is 5.89. The van der Waals surface area contributed by atoms with Crippen LogP contribution >= 0.6 is 12.6 Å². The van der Waals surface area contributed by atoms with Crippen LogP contribution in [0.2, 0.25) is 0 Å². The molecule has 0 heterocycles. The van der Waals surface area contributed by atoms with Crippen molar-refractivity contribution in [1.82, 2.24) is 0 Å². The summed E-state index contributed by atoms with van der Waals surface area (Å²) in [6, 6.07) is -1.02. The number of likely N-dealkylation sites (N-methyl/N-ethyl adjacent to an activating group) is 1. The molecule has 0 aliphatic carbocycles.